The number of rotatable bonds is 9. The lowest BCUT2D eigenvalue weighted by atomic mass is 10.1. The van der Waals surface area contributed by atoms with Gasteiger partial charge < -0.3 is 10.1 Å². The number of esters is 1. The molecule has 1 aromatic carbocycles. The number of hydrogen-bond acceptors (Lipinski definition) is 7. The van der Waals surface area contributed by atoms with Crippen molar-refractivity contribution in [2.75, 3.05) is 11.1 Å². The lowest BCUT2D eigenvalue weighted by Crippen LogP contribution is -2.30. The molecule has 1 saturated heterocycles. The molecule has 142 valence electrons. The van der Waals surface area contributed by atoms with E-state index in [9.17, 15) is 19.7 Å². The molecule has 1 aromatic rings. The average Bonchev–Trinajstić information content (AvgIpc) is 3.12. The molecule has 2 rings (SSSR count). The molecule has 0 saturated carbocycles. The van der Waals surface area contributed by atoms with Crippen molar-refractivity contribution in [3.8, 4) is 0 Å². The first-order valence-electron chi connectivity index (χ1n) is 8.49. The zero-order valence-corrected chi connectivity index (χ0v) is 16.1. The monoisotopic (exact) mass is 398 g/mol. The molecule has 1 amide bonds. The Morgan fingerprint density at radius 2 is 2.15 bits per heavy atom. The van der Waals surface area contributed by atoms with Crippen LogP contribution < -0.4 is 5.32 Å². The fraction of sp³-hybridized carbons (Fsp3) is 0.529. The van der Waals surface area contributed by atoms with Crippen LogP contribution in [-0.4, -0.2) is 33.9 Å². The van der Waals surface area contributed by atoms with Crippen LogP contribution in [0.3, 0.4) is 0 Å². The predicted molar refractivity (Wildman–Crippen MR) is 104 cm³/mol. The second-order valence-electron chi connectivity index (χ2n) is 5.97. The first-order chi connectivity index (χ1) is 12.5. The lowest BCUT2D eigenvalue weighted by molar-refractivity contribution is -0.383. The highest BCUT2D eigenvalue weighted by Crippen LogP contribution is 2.39. The number of nitro benzene ring substituents is 1. The summed E-state index contributed by atoms with van der Waals surface area (Å²) in [5.74, 6) is 0.180. The van der Waals surface area contributed by atoms with Gasteiger partial charge in [0.25, 0.3) is 11.6 Å². The van der Waals surface area contributed by atoms with Crippen LogP contribution >= 0.6 is 21.6 Å². The highest BCUT2D eigenvalue weighted by Gasteiger charge is 2.21. The molecule has 26 heavy (non-hydrogen) atoms. The summed E-state index contributed by atoms with van der Waals surface area (Å²) in [4.78, 5) is 34.4. The van der Waals surface area contributed by atoms with Gasteiger partial charge in [-0.3, -0.25) is 19.7 Å². The van der Waals surface area contributed by atoms with Gasteiger partial charge in [-0.1, -0.05) is 40.1 Å². The Morgan fingerprint density at radius 3 is 2.85 bits per heavy atom. The molecule has 1 fully saturated rings. The normalized spacial score (nSPS) is 17.5. The minimum Gasteiger partial charge on any atom is -0.453 e. The van der Waals surface area contributed by atoms with E-state index >= 15 is 0 Å². The zero-order valence-electron chi connectivity index (χ0n) is 14.5. The highest BCUT2D eigenvalue weighted by molar-refractivity contribution is 8.77. The van der Waals surface area contributed by atoms with Crippen LogP contribution in [0, 0.1) is 10.1 Å². The SMILES string of the molecule is C[C@H](OC(=O)CCCC[C@@H]1CCSS1)C(=O)Nc1ccccc1[N+](=O)[O-]. The van der Waals surface area contributed by atoms with Crippen LogP contribution in [-0.2, 0) is 14.3 Å². The molecule has 0 radical (unpaired) electrons. The van der Waals surface area contributed by atoms with Gasteiger partial charge in [0.15, 0.2) is 6.10 Å². The van der Waals surface area contributed by atoms with Crippen LogP contribution in [0.1, 0.15) is 39.0 Å². The number of benzene rings is 1. The molecule has 1 aliphatic rings. The van der Waals surface area contributed by atoms with Crippen molar-refractivity contribution < 1.29 is 19.2 Å². The van der Waals surface area contributed by atoms with E-state index in [1.165, 1.54) is 37.3 Å². The van der Waals surface area contributed by atoms with Crippen molar-refractivity contribution >= 4 is 44.8 Å². The van der Waals surface area contributed by atoms with Crippen LogP contribution in [0.15, 0.2) is 24.3 Å². The van der Waals surface area contributed by atoms with E-state index in [4.69, 9.17) is 4.74 Å². The van der Waals surface area contributed by atoms with Gasteiger partial charge in [-0.2, -0.15) is 0 Å². The van der Waals surface area contributed by atoms with E-state index in [1.54, 1.807) is 6.07 Å². The van der Waals surface area contributed by atoms with Crippen LogP contribution in [0.25, 0.3) is 0 Å². The Bertz CT molecular complexity index is 650. The van der Waals surface area contributed by atoms with Gasteiger partial charge in [-0.05, 0) is 32.3 Å². The molecule has 0 aliphatic carbocycles. The summed E-state index contributed by atoms with van der Waals surface area (Å²) in [7, 11) is 3.82. The number of nitrogens with one attached hydrogen (secondary N) is 1. The number of carbonyl (C=O) groups is 2. The Kier molecular flexibility index (Phi) is 8.24. The predicted octanol–water partition coefficient (Wildman–Crippen LogP) is 4.18. The molecule has 9 heteroatoms. The van der Waals surface area contributed by atoms with Gasteiger partial charge in [-0.25, -0.2) is 0 Å². The number of unbranched alkanes of at least 4 members (excludes halogenated alkanes) is 1. The first-order valence-corrected chi connectivity index (χ1v) is 10.9. The van der Waals surface area contributed by atoms with Crippen molar-refractivity contribution in [3.05, 3.63) is 34.4 Å². The second-order valence-corrected chi connectivity index (χ2v) is 8.76. The largest absolute Gasteiger partial charge is 0.453 e. The summed E-state index contributed by atoms with van der Waals surface area (Å²) in [6, 6.07) is 5.83. The number of nitro groups is 1. The maximum Gasteiger partial charge on any atom is 0.306 e. The van der Waals surface area contributed by atoms with Crippen molar-refractivity contribution in [2.24, 2.45) is 0 Å². The molecule has 1 aliphatic heterocycles. The Labute approximate surface area is 160 Å². The topological polar surface area (TPSA) is 98.5 Å². The summed E-state index contributed by atoms with van der Waals surface area (Å²) in [5, 5.41) is 14.1. The van der Waals surface area contributed by atoms with E-state index in [-0.39, 0.29) is 17.8 Å². The highest BCUT2D eigenvalue weighted by atomic mass is 33.1. The number of nitrogens with zero attached hydrogens (tertiary/aromatic N) is 1. The number of para-hydroxylation sites is 2. The van der Waals surface area contributed by atoms with E-state index in [2.05, 4.69) is 5.32 Å². The van der Waals surface area contributed by atoms with E-state index < -0.39 is 22.9 Å². The van der Waals surface area contributed by atoms with E-state index in [0.29, 0.717) is 5.25 Å². The van der Waals surface area contributed by atoms with Gasteiger partial charge >= 0.3 is 5.97 Å². The standard InChI is InChI=1S/C17H22N2O5S2/c1-12(17(21)18-14-7-3-4-8-15(14)19(22)23)24-16(20)9-5-2-6-13-10-11-25-26-13/h3-4,7-8,12-13H,2,5-6,9-11H2,1H3,(H,18,21)/t12-,13+/m0/s1. The fourth-order valence-corrected chi connectivity index (χ4v) is 5.52. The summed E-state index contributed by atoms with van der Waals surface area (Å²) >= 11 is 0. The van der Waals surface area contributed by atoms with Gasteiger partial charge in [0.05, 0.1) is 4.92 Å². The third-order valence-corrected chi connectivity index (χ3v) is 6.93. The van der Waals surface area contributed by atoms with Gasteiger partial charge in [0, 0.05) is 23.5 Å². The lowest BCUT2D eigenvalue weighted by Gasteiger charge is -2.14. The van der Waals surface area contributed by atoms with Crippen molar-refractivity contribution in [2.45, 2.75) is 50.4 Å². The van der Waals surface area contributed by atoms with Gasteiger partial charge in [0.2, 0.25) is 0 Å². The average molecular weight is 399 g/mol. The van der Waals surface area contributed by atoms with Gasteiger partial charge in [-0.15, -0.1) is 0 Å². The third kappa shape index (κ3) is 6.53. The molecule has 7 nitrogen and oxygen atoms in total. The van der Waals surface area contributed by atoms with Crippen LogP contribution in [0.4, 0.5) is 11.4 Å². The molecule has 0 aromatic heterocycles. The second kappa shape index (κ2) is 10.4. The van der Waals surface area contributed by atoms with Crippen molar-refractivity contribution in [1.82, 2.24) is 0 Å². The maximum absolute atomic E-state index is 12.1. The van der Waals surface area contributed by atoms with Gasteiger partial charge in [0.1, 0.15) is 5.69 Å². The summed E-state index contributed by atoms with van der Waals surface area (Å²) in [5.41, 5.74) is -0.125. The first kappa shape index (κ1) is 20.6. The molecule has 0 bridgehead atoms. The molecule has 1 N–H and O–H groups in total. The molecule has 0 unspecified atom stereocenters. The number of ether oxygens (including phenoxy) is 1. The van der Waals surface area contributed by atoms with Crippen molar-refractivity contribution in [1.29, 1.82) is 0 Å². The smallest absolute Gasteiger partial charge is 0.306 e. The molecule has 0 spiro atoms. The number of carbonyl (C=O) groups excluding carboxylic acids is 2. The quantitative estimate of drug-likeness (QED) is 0.219. The molecule has 1 heterocycles. The van der Waals surface area contributed by atoms with Crippen molar-refractivity contribution in [3.63, 3.8) is 0 Å². The fourth-order valence-electron chi connectivity index (χ4n) is 2.49. The van der Waals surface area contributed by atoms with Crippen LogP contribution in [0.5, 0.6) is 0 Å². The number of hydrogen-bond donors (Lipinski definition) is 1. The summed E-state index contributed by atoms with van der Waals surface area (Å²) in [6.45, 7) is 1.45. The maximum atomic E-state index is 12.1. The number of amides is 1. The Morgan fingerprint density at radius 1 is 1.38 bits per heavy atom. The summed E-state index contributed by atoms with van der Waals surface area (Å²) in [6.07, 6.45) is 3.28. The third-order valence-electron chi connectivity index (χ3n) is 3.92. The number of anilines is 1. The summed E-state index contributed by atoms with van der Waals surface area (Å²) < 4.78 is 5.13. The molecular weight excluding hydrogens is 376 g/mol. The van der Waals surface area contributed by atoms with E-state index in [0.717, 1.165) is 19.3 Å². The Balaban J connectivity index is 1.72. The van der Waals surface area contributed by atoms with E-state index in [1.807, 2.05) is 21.6 Å². The minimum absolute atomic E-state index is 0.0809. The minimum atomic E-state index is -1.01. The molecule has 2 atom stereocenters. The van der Waals surface area contributed by atoms with Crippen LogP contribution in [0.2, 0.25) is 0 Å². The molecular formula is C17H22N2O5S2. The zero-order chi connectivity index (χ0) is 18.9. The Hall–Kier alpha value is -1.74.